The van der Waals surface area contributed by atoms with Crippen molar-refractivity contribution < 1.29 is 142 Å². The average Bonchev–Trinajstić information content (AvgIpc) is 1.03. The number of rotatable bonds is 50. The molecule has 3 heterocycles. The number of nitrogens with one attached hydrogen (secondary N) is 9. The zero-order chi connectivity index (χ0) is 75.1. The van der Waals surface area contributed by atoms with Crippen LogP contribution in [0, 0.1) is 0 Å². The van der Waals surface area contributed by atoms with Gasteiger partial charge in [0.15, 0.2) is 18.9 Å². The van der Waals surface area contributed by atoms with E-state index in [0.717, 1.165) is 32.1 Å². The molecule has 19 N–H and O–H groups in total. The summed E-state index contributed by atoms with van der Waals surface area (Å²) in [4.78, 5) is 116. The van der Waals surface area contributed by atoms with Gasteiger partial charge in [-0.05, 0) is 32.1 Å². The van der Waals surface area contributed by atoms with E-state index >= 15 is 0 Å². The van der Waals surface area contributed by atoms with Crippen LogP contribution < -0.4 is 47.9 Å². The van der Waals surface area contributed by atoms with E-state index in [1.165, 1.54) is 20.8 Å². The number of amides is 9. The highest BCUT2D eigenvalue weighted by atomic mass is 16.7. The van der Waals surface area contributed by atoms with Gasteiger partial charge in [-0.25, -0.2) is 0 Å². The van der Waals surface area contributed by atoms with Crippen LogP contribution >= 0.6 is 0 Å². The number of methoxy groups -OCH3 is 1. The van der Waals surface area contributed by atoms with Gasteiger partial charge in [0.25, 0.3) is 0 Å². The predicted octanol–water partition coefficient (Wildman–Crippen LogP) is -7.65. The Morgan fingerprint density at radius 3 is 1.11 bits per heavy atom. The van der Waals surface area contributed by atoms with Crippen LogP contribution in [0.3, 0.4) is 0 Å². The smallest absolute Gasteiger partial charge is 0.242 e. The van der Waals surface area contributed by atoms with Crippen molar-refractivity contribution in [1.82, 2.24) is 47.9 Å². The fraction of sp³-hybridized carbons (Fsp3) is 0.859. The monoisotopic (exact) mass is 1470 g/mol. The van der Waals surface area contributed by atoms with Gasteiger partial charge in [-0.2, -0.15) is 0 Å². The molecular formula is C64H113N9O29. The molecule has 4 aliphatic rings. The van der Waals surface area contributed by atoms with Gasteiger partial charge in [0.05, 0.1) is 97.5 Å². The first-order chi connectivity index (χ1) is 48.8. The molecule has 1 aliphatic carbocycles. The Morgan fingerprint density at radius 2 is 0.745 bits per heavy atom. The number of carbonyl (C=O) groups is 9. The summed E-state index contributed by atoms with van der Waals surface area (Å²) in [6, 6.07) is -6.36. The fourth-order valence-electron chi connectivity index (χ4n) is 11.8. The van der Waals surface area contributed by atoms with Crippen LogP contribution in [-0.2, 0) is 90.5 Å². The van der Waals surface area contributed by atoms with E-state index < -0.39 is 184 Å². The molecule has 102 heavy (non-hydrogen) atoms. The molecule has 38 heteroatoms. The lowest BCUT2D eigenvalue weighted by Gasteiger charge is -2.42. The lowest BCUT2D eigenvalue weighted by atomic mass is 9.97. The predicted molar refractivity (Wildman–Crippen MR) is 352 cm³/mol. The molecule has 4 rings (SSSR count). The minimum atomic E-state index is -1.54. The van der Waals surface area contributed by atoms with Gasteiger partial charge in [-0.15, -0.1) is 0 Å². The van der Waals surface area contributed by atoms with E-state index in [-0.39, 0.29) is 123 Å². The highest BCUT2D eigenvalue weighted by molar-refractivity contribution is 5.90. The second-order valence-corrected chi connectivity index (χ2v) is 25.4. The molecule has 4 fully saturated rings. The first-order valence-electron chi connectivity index (χ1n) is 35.0. The minimum absolute atomic E-state index is 0.0204. The highest BCUT2D eigenvalue weighted by Crippen LogP contribution is 2.26. The van der Waals surface area contributed by atoms with Crippen LogP contribution in [0.25, 0.3) is 0 Å². The summed E-state index contributed by atoms with van der Waals surface area (Å²) in [6.07, 6.45) is -10.8. The van der Waals surface area contributed by atoms with Crippen molar-refractivity contribution in [2.75, 3.05) is 106 Å². The number of aliphatic hydroxyl groups excluding tert-OH is 10. The maximum absolute atomic E-state index is 13.8. The maximum Gasteiger partial charge on any atom is 0.242 e. The number of ether oxygens (including phenoxy) is 10. The lowest BCUT2D eigenvalue weighted by molar-refractivity contribution is -0.272. The summed E-state index contributed by atoms with van der Waals surface area (Å²) in [6.45, 7) is 0.452. The molecule has 0 bridgehead atoms. The molecule has 0 spiro atoms. The Hall–Kier alpha value is -5.57. The summed E-state index contributed by atoms with van der Waals surface area (Å²) in [5.41, 5.74) is 0. The number of hydrogen-bond donors (Lipinski definition) is 19. The Morgan fingerprint density at radius 1 is 0.402 bits per heavy atom. The molecule has 9 amide bonds. The van der Waals surface area contributed by atoms with E-state index in [0.29, 0.717) is 38.5 Å². The first-order valence-corrected chi connectivity index (χ1v) is 35.0. The Balaban J connectivity index is 1.33. The summed E-state index contributed by atoms with van der Waals surface area (Å²) in [7, 11) is 1.56. The quantitative estimate of drug-likeness (QED) is 0.0252. The number of aliphatic hydroxyl groups is 10. The molecule has 20 atom stereocenters. The van der Waals surface area contributed by atoms with Crippen molar-refractivity contribution in [2.24, 2.45) is 0 Å². The molecule has 588 valence electrons. The molecule has 38 nitrogen and oxygen atoms in total. The average molecular weight is 1470 g/mol. The zero-order valence-electron chi connectivity index (χ0n) is 58.7. The van der Waals surface area contributed by atoms with Gasteiger partial charge >= 0.3 is 0 Å². The van der Waals surface area contributed by atoms with Crippen LogP contribution in [0.5, 0.6) is 0 Å². The van der Waals surface area contributed by atoms with Crippen LogP contribution in [0.15, 0.2) is 0 Å². The van der Waals surface area contributed by atoms with Crippen LogP contribution in [0.2, 0.25) is 0 Å². The van der Waals surface area contributed by atoms with Gasteiger partial charge in [0.1, 0.15) is 85.1 Å². The molecule has 0 aromatic heterocycles. The van der Waals surface area contributed by atoms with Crippen molar-refractivity contribution in [2.45, 2.75) is 246 Å². The molecule has 0 aromatic carbocycles. The van der Waals surface area contributed by atoms with Gasteiger partial charge in [-0.1, -0.05) is 38.5 Å². The minimum Gasteiger partial charge on any atom is -0.394 e. The van der Waals surface area contributed by atoms with E-state index in [1.54, 1.807) is 7.11 Å². The highest BCUT2D eigenvalue weighted by Gasteiger charge is 2.48. The van der Waals surface area contributed by atoms with E-state index in [1.807, 2.05) is 0 Å². The van der Waals surface area contributed by atoms with Crippen molar-refractivity contribution in [3.05, 3.63) is 0 Å². The summed E-state index contributed by atoms with van der Waals surface area (Å²) < 4.78 is 55.8. The number of hydrogen-bond acceptors (Lipinski definition) is 29. The third kappa shape index (κ3) is 32.4. The Kier molecular flexibility index (Phi) is 42.9. The normalized spacial score (nSPS) is 28.4. The third-order valence-corrected chi connectivity index (χ3v) is 17.3. The van der Waals surface area contributed by atoms with Crippen LogP contribution in [0.1, 0.15) is 124 Å². The zero-order valence-corrected chi connectivity index (χ0v) is 58.7. The topological polar surface area (TPSA) is 556 Å². The lowest BCUT2D eigenvalue weighted by Crippen LogP contribution is -2.64. The molecule has 16 unspecified atom stereocenters. The summed E-state index contributed by atoms with van der Waals surface area (Å²) in [5, 5.41) is 125. The molecule has 3 saturated heterocycles. The molecule has 3 aliphatic heterocycles. The van der Waals surface area contributed by atoms with Crippen LogP contribution in [-0.4, -0.2) is 333 Å². The van der Waals surface area contributed by atoms with Crippen molar-refractivity contribution in [1.29, 1.82) is 0 Å². The van der Waals surface area contributed by atoms with Gasteiger partial charge in [0, 0.05) is 79.6 Å². The number of carbonyl (C=O) groups excluding carboxylic acids is 9. The SMILES string of the molecule is CO[C@H]1C[C@H](O)C[C@@H]1NC(=O)CCCCCCCCCCC(=O)NC(CCC(=O)NC(CCC(=O)NCCOCCOC1OC(CO)C(O)C(O)C1NC(C)=O)C(=O)NCCOCCOC1O[C@H](CO)C(O)C(O)C1NC(C)=O)C(=O)NCCOCCOC1OC(CO)C(O)C(O)C1NC(C)=O. The second kappa shape index (κ2) is 49.3. The van der Waals surface area contributed by atoms with Gasteiger partial charge in [0.2, 0.25) is 53.2 Å². The first kappa shape index (κ1) is 88.8. The molecule has 0 radical (unpaired) electrons. The summed E-state index contributed by atoms with van der Waals surface area (Å²) in [5.74, 6) is -4.87. The molecular weight excluding hydrogens is 1360 g/mol. The van der Waals surface area contributed by atoms with E-state index in [2.05, 4.69) is 47.9 Å². The third-order valence-electron chi connectivity index (χ3n) is 17.3. The van der Waals surface area contributed by atoms with Crippen molar-refractivity contribution in [3.63, 3.8) is 0 Å². The van der Waals surface area contributed by atoms with Crippen LogP contribution in [0.4, 0.5) is 0 Å². The largest absolute Gasteiger partial charge is 0.394 e. The summed E-state index contributed by atoms with van der Waals surface area (Å²) >= 11 is 0. The van der Waals surface area contributed by atoms with Gasteiger partial charge < -0.3 is 146 Å². The fourth-order valence-corrected chi connectivity index (χ4v) is 11.8. The Labute approximate surface area is 592 Å². The standard InChI is InChI=1S/C64H113N9O29/c1-36(77)68-51-57(88)54(85)44(33-74)100-62(51)97-28-25-94-22-19-65-47(81)17-15-40(60(91)66-20-23-95-26-29-98-63-52(69-37(2)78)58(89)55(86)45(34-75)101-63)72-50(84)18-16-41(61(92)67-21-24-96-27-30-99-64-53(70-38(3)79)59(90)56(87)46(35-76)102-64)71-48(82)13-11-9-7-5-6-8-10-12-14-49(83)73-42-31-39(80)32-43(42)93-4/h39-46,51-59,62-64,74-76,80,85-90H,5-35H2,1-4H3,(H,65,81)(H,66,91)(H,67,92)(H,68,77)(H,69,78)(H,70,79)(H,71,82)(H,72,84)(H,73,83)/t39-,40?,41?,42+,43+,44?,45-,46?,51?,52?,53?,54?,55?,56?,57?,58?,59?,62?,63?,64?/m1/s1. The number of unbranched alkanes of at least 4 members (excludes halogenated alkanes) is 7. The van der Waals surface area contributed by atoms with E-state index in [9.17, 15) is 94.2 Å². The Bertz CT molecular complexity index is 2500. The van der Waals surface area contributed by atoms with Gasteiger partial charge in [-0.3, -0.25) is 43.2 Å². The molecule has 1 saturated carbocycles. The van der Waals surface area contributed by atoms with Crippen molar-refractivity contribution >= 4 is 53.2 Å². The molecule has 0 aromatic rings. The second-order valence-electron chi connectivity index (χ2n) is 25.4. The maximum atomic E-state index is 13.8. The van der Waals surface area contributed by atoms with E-state index in [4.69, 9.17) is 47.4 Å². The van der Waals surface area contributed by atoms with Crippen molar-refractivity contribution in [3.8, 4) is 0 Å².